The number of allylic oxidation sites excluding steroid dienone is 6. The first-order chi connectivity index (χ1) is 25.2. The Balaban J connectivity index is 1.63. The molecular formula is C39H52BrN3O9S. The monoisotopic (exact) mass is 817 g/mol. The number of hydrogen-bond donors (Lipinski definition) is 1. The van der Waals surface area contributed by atoms with Crippen molar-refractivity contribution in [3.05, 3.63) is 82.1 Å². The van der Waals surface area contributed by atoms with Crippen molar-refractivity contribution in [2.45, 2.75) is 75.1 Å². The highest BCUT2D eigenvalue weighted by molar-refractivity contribution is 9.10. The summed E-state index contributed by atoms with van der Waals surface area (Å²) in [5, 5.41) is 9.11. The van der Waals surface area contributed by atoms with E-state index < -0.39 is 21.5 Å². The Morgan fingerprint density at radius 3 is 2.36 bits per heavy atom. The number of nitrogens with zero attached hydrogens (tertiary/aromatic N) is 3. The molecule has 2 aliphatic heterocycles. The van der Waals surface area contributed by atoms with E-state index in [-0.39, 0.29) is 16.7 Å². The van der Waals surface area contributed by atoms with Gasteiger partial charge in [-0.25, -0.2) is 13.0 Å². The topological polar surface area (TPSA) is 151 Å². The largest absolute Gasteiger partial charge is 0.744 e. The number of fused-ring (bicyclic) bond motifs is 2. The Morgan fingerprint density at radius 1 is 0.962 bits per heavy atom. The molecule has 1 unspecified atom stereocenters. The number of hydrogen-bond acceptors (Lipinski definition) is 10. The van der Waals surface area contributed by atoms with Gasteiger partial charge in [-0.15, -0.1) is 0 Å². The Kier molecular flexibility index (Phi) is 15.5. The molecule has 53 heavy (non-hydrogen) atoms. The minimum atomic E-state index is -4.69. The summed E-state index contributed by atoms with van der Waals surface area (Å²) in [5.74, 6) is 0.0684. The molecule has 12 nitrogen and oxygen atoms in total. The predicted molar refractivity (Wildman–Crippen MR) is 206 cm³/mol. The van der Waals surface area contributed by atoms with Crippen LogP contribution in [0, 0.1) is 0 Å². The van der Waals surface area contributed by atoms with Crippen molar-refractivity contribution in [1.82, 2.24) is 0 Å². The molecule has 1 aromatic heterocycles. The highest BCUT2D eigenvalue weighted by Gasteiger charge is 2.44. The molecule has 0 saturated heterocycles. The van der Waals surface area contributed by atoms with E-state index >= 15 is 0 Å². The maximum Gasteiger partial charge on any atom is 0.327 e. The van der Waals surface area contributed by atoms with Crippen molar-refractivity contribution in [2.75, 3.05) is 65.3 Å². The normalized spacial score (nSPS) is 18.7. The fraction of sp³-hybridized carbons (Fsp3) is 0.513. The van der Waals surface area contributed by atoms with E-state index in [4.69, 9.17) is 29.0 Å². The number of rotatable bonds is 22. The summed E-state index contributed by atoms with van der Waals surface area (Å²) in [7, 11) is -1.43. The van der Waals surface area contributed by atoms with Gasteiger partial charge in [0.1, 0.15) is 22.9 Å². The van der Waals surface area contributed by atoms with E-state index in [9.17, 15) is 17.8 Å². The van der Waals surface area contributed by atoms with Crippen LogP contribution in [0.15, 0.2) is 80.9 Å². The molecule has 2 aromatic rings. The first-order valence-electron chi connectivity index (χ1n) is 17.8. The van der Waals surface area contributed by atoms with Crippen LogP contribution in [0.2, 0.25) is 0 Å². The molecular weight excluding hydrogens is 766 g/mol. The predicted octanol–water partition coefficient (Wildman–Crippen LogP) is 6.14. The summed E-state index contributed by atoms with van der Waals surface area (Å²) in [4.78, 5) is 18.0. The van der Waals surface area contributed by atoms with Crippen molar-refractivity contribution in [2.24, 2.45) is 4.99 Å². The van der Waals surface area contributed by atoms with Crippen LogP contribution in [-0.4, -0.2) is 90.2 Å². The van der Waals surface area contributed by atoms with Gasteiger partial charge in [-0.05, 0) is 103 Å². The summed E-state index contributed by atoms with van der Waals surface area (Å²) in [5.41, 5.74) is 3.47. The molecule has 0 amide bonds. The Labute approximate surface area is 322 Å². The number of carbonyl (C=O) groups is 1. The maximum absolute atomic E-state index is 12.1. The van der Waals surface area contributed by atoms with E-state index in [1.165, 1.54) is 12.1 Å². The van der Waals surface area contributed by atoms with Gasteiger partial charge >= 0.3 is 11.8 Å². The van der Waals surface area contributed by atoms with E-state index in [1.807, 2.05) is 43.5 Å². The Morgan fingerprint density at radius 2 is 1.68 bits per heavy atom. The minimum Gasteiger partial charge on any atom is -0.744 e. The summed E-state index contributed by atoms with van der Waals surface area (Å²) < 4.78 is 61.2. The smallest absolute Gasteiger partial charge is 0.327 e. The lowest BCUT2D eigenvalue weighted by Gasteiger charge is -2.30. The highest BCUT2D eigenvalue weighted by Crippen LogP contribution is 2.51. The second kappa shape index (κ2) is 19.4. The Hall–Kier alpha value is -3.24. The minimum absolute atomic E-state index is 0.101. The lowest BCUT2D eigenvalue weighted by atomic mass is 9.78. The number of aromatic nitrogens is 1. The van der Waals surface area contributed by atoms with E-state index in [0.717, 1.165) is 44.9 Å². The molecule has 0 bridgehead atoms. The van der Waals surface area contributed by atoms with Crippen molar-refractivity contribution in [1.29, 1.82) is 0 Å². The van der Waals surface area contributed by atoms with Crippen molar-refractivity contribution in [3.63, 3.8) is 0 Å². The van der Waals surface area contributed by atoms with Gasteiger partial charge < -0.3 is 33.5 Å². The number of aliphatic imine (C=N–C) groups is 1. The van der Waals surface area contributed by atoms with E-state index in [2.05, 4.69) is 45.3 Å². The number of carboxylic acids is 1. The molecule has 2 aliphatic rings. The van der Waals surface area contributed by atoms with Crippen LogP contribution in [-0.2, 0) is 51.2 Å². The first kappa shape index (κ1) is 42.5. The summed E-state index contributed by atoms with van der Waals surface area (Å²) in [6.07, 6.45) is 14.5. The van der Waals surface area contributed by atoms with Gasteiger partial charge in [0.25, 0.3) is 0 Å². The van der Waals surface area contributed by atoms with Crippen LogP contribution in [0.5, 0.6) is 0 Å². The zero-order valence-corrected chi connectivity index (χ0v) is 33.7. The number of benzene rings is 1. The SMILES string of the molecule is COCCOCC[n+]1cc(Br)cc2c1N=C(/C=C/C=C/C=C1/N(CCCCCC(=O)O)c3ccc(S(=O)(=O)[O-])cc3C1(C)CCOCCOC)C2(C)C. The molecule has 3 heterocycles. The summed E-state index contributed by atoms with van der Waals surface area (Å²) in [6.45, 7) is 10.4. The number of ether oxygens (including phenoxy) is 4. The van der Waals surface area contributed by atoms with Gasteiger partial charge in [0.05, 0.1) is 53.4 Å². The Bertz CT molecular complexity index is 1820. The molecule has 0 radical (unpaired) electrons. The van der Waals surface area contributed by atoms with Crippen LogP contribution >= 0.6 is 15.9 Å². The summed E-state index contributed by atoms with van der Waals surface area (Å²) in [6, 6.07) is 6.65. The number of aliphatic carboxylic acids is 1. The van der Waals surface area contributed by atoms with Crippen LogP contribution in [0.25, 0.3) is 0 Å². The van der Waals surface area contributed by atoms with Crippen molar-refractivity contribution < 1.29 is 46.4 Å². The van der Waals surface area contributed by atoms with Gasteiger partial charge in [0.2, 0.25) is 0 Å². The molecule has 14 heteroatoms. The zero-order chi connectivity index (χ0) is 38.6. The second-order valence-corrected chi connectivity index (χ2v) is 16.1. The first-order valence-corrected chi connectivity index (χ1v) is 20.1. The van der Waals surface area contributed by atoms with Gasteiger partial charge in [-0.3, -0.25) is 4.79 Å². The molecule has 1 N–H and O–H groups in total. The molecule has 0 spiro atoms. The zero-order valence-electron chi connectivity index (χ0n) is 31.3. The second-order valence-electron chi connectivity index (χ2n) is 13.8. The highest BCUT2D eigenvalue weighted by atomic mass is 79.9. The number of anilines is 1. The van der Waals surface area contributed by atoms with E-state index in [0.29, 0.717) is 72.0 Å². The van der Waals surface area contributed by atoms with Crippen molar-refractivity contribution in [3.8, 4) is 0 Å². The number of methoxy groups -OCH3 is 2. The third kappa shape index (κ3) is 10.9. The van der Waals surface area contributed by atoms with Crippen LogP contribution < -0.4 is 9.47 Å². The number of unbranched alkanes of at least 4 members (excludes halogenated alkanes) is 2. The standard InChI is InChI=1S/C39H52BrN3O9S/c1-38(2)32-26-29(40)28-42(19-21-52-25-23-50-5)37(32)41-34(38)12-8-6-9-13-35-39(3,17-20-51-24-22-49-4)31-27-30(53(46,47)48)15-16-33(31)43(35)18-11-7-10-14-36(44)45/h6,8-9,12-13,15-16,26-28H,7,10-11,14,17-25H2,1-5H3,(H-,44,45,46,47,48). The molecule has 0 saturated carbocycles. The molecule has 1 aromatic carbocycles. The molecule has 0 aliphatic carbocycles. The average molecular weight is 819 g/mol. The summed E-state index contributed by atoms with van der Waals surface area (Å²) >= 11 is 3.67. The third-order valence-electron chi connectivity index (χ3n) is 9.70. The number of pyridine rings is 1. The fourth-order valence-electron chi connectivity index (χ4n) is 6.70. The quantitative estimate of drug-likeness (QED) is 0.0636. The van der Waals surface area contributed by atoms with Gasteiger partial charge in [0, 0.05) is 50.6 Å². The number of halogens is 1. The maximum atomic E-state index is 12.1. The van der Waals surface area contributed by atoms with Gasteiger partial charge in [0.15, 0.2) is 5.71 Å². The van der Waals surface area contributed by atoms with Gasteiger partial charge in [-0.2, -0.15) is 0 Å². The number of carboxylic acid groups (broad SMARTS) is 1. The molecule has 0 fully saturated rings. The average Bonchev–Trinajstić information content (AvgIpc) is 3.49. The third-order valence-corrected chi connectivity index (χ3v) is 11.0. The fourth-order valence-corrected chi connectivity index (χ4v) is 7.67. The van der Waals surface area contributed by atoms with Crippen LogP contribution in [0.1, 0.15) is 64.0 Å². The van der Waals surface area contributed by atoms with E-state index in [1.54, 1.807) is 20.3 Å². The lowest BCUT2D eigenvalue weighted by Crippen LogP contribution is -2.37. The van der Waals surface area contributed by atoms with Crippen LogP contribution in [0.4, 0.5) is 11.5 Å². The lowest BCUT2D eigenvalue weighted by molar-refractivity contribution is -0.686. The van der Waals surface area contributed by atoms with Gasteiger partial charge in [-0.1, -0.05) is 24.6 Å². The molecule has 1 atom stereocenters. The van der Waals surface area contributed by atoms with Crippen molar-refractivity contribution >= 4 is 49.2 Å². The van der Waals surface area contributed by atoms with Crippen LogP contribution in [0.3, 0.4) is 0 Å². The molecule has 4 rings (SSSR count). The molecule has 290 valence electrons.